The number of rotatable bonds is 1. The number of nitrogens with zero attached hydrogens (tertiary/aromatic N) is 5. The van der Waals surface area contributed by atoms with Gasteiger partial charge in [0.15, 0.2) is 0 Å². The van der Waals surface area contributed by atoms with Crippen molar-refractivity contribution < 1.29 is 4.79 Å². The third-order valence-corrected chi connectivity index (χ3v) is 4.13. The molecule has 100 valence electrons. The van der Waals surface area contributed by atoms with Crippen molar-refractivity contribution in [3.8, 4) is 0 Å². The third kappa shape index (κ3) is 1.61. The highest BCUT2D eigenvalue weighted by atomic mass is 16.2. The maximum Gasteiger partial charge on any atom is 0.274 e. The van der Waals surface area contributed by atoms with Crippen LogP contribution in [0.4, 0.5) is 0 Å². The first-order valence-corrected chi connectivity index (χ1v) is 6.72. The Labute approximate surface area is 115 Å². The molecule has 2 bridgehead atoms. The zero-order valence-electron chi connectivity index (χ0n) is 10.8. The Morgan fingerprint density at radius 1 is 1.15 bits per heavy atom. The fourth-order valence-electron chi connectivity index (χ4n) is 3.28. The molecule has 2 aliphatic rings. The number of fused-ring (bicyclic) bond motifs is 4. The van der Waals surface area contributed by atoms with E-state index in [0.717, 1.165) is 30.5 Å². The van der Waals surface area contributed by atoms with Crippen LogP contribution in [0.5, 0.6) is 0 Å². The van der Waals surface area contributed by atoms with Crippen LogP contribution in [0.2, 0.25) is 0 Å². The van der Waals surface area contributed by atoms with Crippen LogP contribution in [-0.4, -0.2) is 36.8 Å². The Bertz CT molecular complexity index is 660. The average Bonchev–Trinajstić information content (AvgIpc) is 2.82. The van der Waals surface area contributed by atoms with E-state index in [1.165, 1.54) is 6.20 Å². The van der Waals surface area contributed by atoms with Crippen LogP contribution in [-0.2, 0) is 6.42 Å². The summed E-state index contributed by atoms with van der Waals surface area (Å²) in [5.41, 5.74) is 2.57. The second kappa shape index (κ2) is 4.33. The molecule has 0 aliphatic carbocycles. The van der Waals surface area contributed by atoms with Crippen LogP contribution < -0.4 is 0 Å². The lowest BCUT2D eigenvalue weighted by Crippen LogP contribution is -2.42. The standard InChI is InChI=1S/C14H13N5O/c20-14(12-7-15-3-4-17-12)19-9-1-2-13(19)10-6-16-8-18-11(10)5-9/h3-4,6-9,13H,1-2,5H2. The molecule has 4 rings (SSSR count). The molecule has 1 saturated heterocycles. The zero-order chi connectivity index (χ0) is 13.5. The second-order valence-electron chi connectivity index (χ2n) is 5.18. The maximum atomic E-state index is 12.7. The molecule has 0 radical (unpaired) electrons. The van der Waals surface area contributed by atoms with Crippen molar-refractivity contribution in [2.24, 2.45) is 0 Å². The molecule has 0 saturated carbocycles. The summed E-state index contributed by atoms with van der Waals surface area (Å²) in [7, 11) is 0. The lowest BCUT2D eigenvalue weighted by molar-refractivity contribution is 0.0637. The summed E-state index contributed by atoms with van der Waals surface area (Å²) in [6.45, 7) is 0. The molecule has 4 heterocycles. The molecule has 6 heteroatoms. The van der Waals surface area contributed by atoms with Gasteiger partial charge in [-0.2, -0.15) is 0 Å². The smallest absolute Gasteiger partial charge is 0.274 e. The molecule has 0 aromatic carbocycles. The Balaban J connectivity index is 1.73. The Hall–Kier alpha value is -2.37. The van der Waals surface area contributed by atoms with Crippen molar-refractivity contribution in [2.75, 3.05) is 0 Å². The van der Waals surface area contributed by atoms with E-state index in [1.807, 2.05) is 11.1 Å². The van der Waals surface area contributed by atoms with Crippen molar-refractivity contribution in [2.45, 2.75) is 31.3 Å². The van der Waals surface area contributed by atoms with Gasteiger partial charge in [-0.05, 0) is 12.8 Å². The molecule has 2 aromatic heterocycles. The molecule has 20 heavy (non-hydrogen) atoms. The van der Waals surface area contributed by atoms with Crippen LogP contribution in [0.3, 0.4) is 0 Å². The first-order chi connectivity index (χ1) is 9.84. The first kappa shape index (κ1) is 11.5. The lowest BCUT2D eigenvalue weighted by Gasteiger charge is -2.35. The number of hydrogen-bond acceptors (Lipinski definition) is 5. The predicted octanol–water partition coefficient (Wildman–Crippen LogP) is 1.17. The summed E-state index contributed by atoms with van der Waals surface area (Å²) in [6.07, 6.45) is 10.9. The Morgan fingerprint density at radius 3 is 2.95 bits per heavy atom. The van der Waals surface area contributed by atoms with Gasteiger partial charge in [-0.1, -0.05) is 0 Å². The van der Waals surface area contributed by atoms with Crippen LogP contribution >= 0.6 is 0 Å². The van der Waals surface area contributed by atoms with E-state index in [1.54, 1.807) is 18.7 Å². The molecule has 6 nitrogen and oxygen atoms in total. The fraction of sp³-hybridized carbons (Fsp3) is 0.357. The summed E-state index contributed by atoms with van der Waals surface area (Å²) >= 11 is 0. The summed E-state index contributed by atoms with van der Waals surface area (Å²) in [6, 6.07) is 0.302. The lowest BCUT2D eigenvalue weighted by atomic mass is 9.99. The predicted molar refractivity (Wildman–Crippen MR) is 69.7 cm³/mol. The van der Waals surface area contributed by atoms with E-state index in [9.17, 15) is 4.79 Å². The maximum absolute atomic E-state index is 12.7. The number of hydrogen-bond donors (Lipinski definition) is 0. The van der Waals surface area contributed by atoms with Gasteiger partial charge in [0.1, 0.15) is 12.0 Å². The largest absolute Gasteiger partial charge is 0.327 e. The zero-order valence-corrected chi connectivity index (χ0v) is 10.8. The molecule has 2 aliphatic heterocycles. The van der Waals surface area contributed by atoms with E-state index < -0.39 is 0 Å². The monoisotopic (exact) mass is 267 g/mol. The molecule has 2 unspecified atom stereocenters. The van der Waals surface area contributed by atoms with Crippen molar-refractivity contribution in [3.05, 3.63) is 48.1 Å². The Morgan fingerprint density at radius 2 is 2.10 bits per heavy atom. The minimum Gasteiger partial charge on any atom is -0.327 e. The SMILES string of the molecule is O=C(c1cnccn1)N1C2CCC1c1cncnc1C2. The van der Waals surface area contributed by atoms with Gasteiger partial charge in [-0.25, -0.2) is 15.0 Å². The van der Waals surface area contributed by atoms with Gasteiger partial charge < -0.3 is 4.90 Å². The minimum absolute atomic E-state index is 0.0416. The summed E-state index contributed by atoms with van der Waals surface area (Å²) in [4.78, 5) is 31.1. The van der Waals surface area contributed by atoms with Gasteiger partial charge in [0.25, 0.3) is 5.91 Å². The number of amides is 1. The number of carbonyl (C=O) groups excluding carboxylic acids is 1. The van der Waals surface area contributed by atoms with Crippen molar-refractivity contribution in [1.29, 1.82) is 0 Å². The third-order valence-electron chi connectivity index (χ3n) is 4.13. The van der Waals surface area contributed by atoms with Gasteiger partial charge in [-0.15, -0.1) is 0 Å². The van der Waals surface area contributed by atoms with E-state index in [-0.39, 0.29) is 18.0 Å². The normalized spacial score (nSPS) is 23.5. The first-order valence-electron chi connectivity index (χ1n) is 6.72. The van der Waals surface area contributed by atoms with Crippen LogP contribution in [0.25, 0.3) is 0 Å². The molecule has 2 aromatic rings. The van der Waals surface area contributed by atoms with Crippen LogP contribution in [0.1, 0.15) is 40.6 Å². The van der Waals surface area contributed by atoms with Gasteiger partial charge in [-0.3, -0.25) is 9.78 Å². The fourth-order valence-corrected chi connectivity index (χ4v) is 3.28. The molecule has 0 spiro atoms. The Kier molecular flexibility index (Phi) is 2.48. The highest BCUT2D eigenvalue weighted by Crippen LogP contribution is 2.43. The van der Waals surface area contributed by atoms with Gasteiger partial charge in [0, 0.05) is 36.6 Å². The molecular weight excluding hydrogens is 254 g/mol. The van der Waals surface area contributed by atoms with Crippen molar-refractivity contribution in [3.63, 3.8) is 0 Å². The molecule has 2 atom stereocenters. The quantitative estimate of drug-likeness (QED) is 0.775. The van der Waals surface area contributed by atoms with E-state index >= 15 is 0 Å². The molecule has 1 amide bonds. The van der Waals surface area contributed by atoms with Crippen LogP contribution in [0, 0.1) is 0 Å². The van der Waals surface area contributed by atoms with E-state index in [2.05, 4.69) is 19.9 Å². The second-order valence-corrected chi connectivity index (χ2v) is 5.18. The topological polar surface area (TPSA) is 71.9 Å². The molecular formula is C14H13N5O. The summed E-state index contributed by atoms with van der Waals surface area (Å²) in [5, 5.41) is 0. The van der Waals surface area contributed by atoms with Crippen LogP contribution in [0.15, 0.2) is 31.1 Å². The molecule has 0 N–H and O–H groups in total. The average molecular weight is 267 g/mol. The van der Waals surface area contributed by atoms with Gasteiger partial charge in [0.05, 0.1) is 17.9 Å². The highest BCUT2D eigenvalue weighted by Gasteiger charge is 2.43. The highest BCUT2D eigenvalue weighted by molar-refractivity contribution is 5.93. The molecule has 1 fully saturated rings. The van der Waals surface area contributed by atoms with Crippen molar-refractivity contribution in [1.82, 2.24) is 24.8 Å². The van der Waals surface area contributed by atoms with Crippen molar-refractivity contribution >= 4 is 5.91 Å². The van der Waals surface area contributed by atoms with E-state index in [0.29, 0.717) is 5.69 Å². The van der Waals surface area contributed by atoms with Gasteiger partial charge >= 0.3 is 0 Å². The number of carbonyl (C=O) groups is 1. The number of aromatic nitrogens is 4. The minimum atomic E-state index is -0.0416. The summed E-state index contributed by atoms with van der Waals surface area (Å²) in [5.74, 6) is -0.0416. The summed E-state index contributed by atoms with van der Waals surface area (Å²) < 4.78 is 0. The van der Waals surface area contributed by atoms with E-state index in [4.69, 9.17) is 0 Å². The van der Waals surface area contributed by atoms with Gasteiger partial charge in [0.2, 0.25) is 0 Å².